The summed E-state index contributed by atoms with van der Waals surface area (Å²) in [5, 5.41) is 13.1. The van der Waals surface area contributed by atoms with Gasteiger partial charge in [-0.15, -0.1) is 5.10 Å². The van der Waals surface area contributed by atoms with Crippen LogP contribution in [-0.2, 0) is 0 Å². The van der Waals surface area contributed by atoms with Gasteiger partial charge in [0.05, 0.1) is 0 Å². The van der Waals surface area contributed by atoms with E-state index in [0.717, 1.165) is 6.54 Å². The zero-order valence-corrected chi connectivity index (χ0v) is 9.92. The van der Waals surface area contributed by atoms with E-state index in [4.69, 9.17) is 0 Å². The number of anilines is 2. The predicted molar refractivity (Wildman–Crippen MR) is 68.4 cm³/mol. The van der Waals surface area contributed by atoms with Crippen LogP contribution in [0.5, 0.6) is 0 Å². The molecular weight excluding hydrogens is 230 g/mol. The summed E-state index contributed by atoms with van der Waals surface area (Å²) >= 11 is 0. The number of nitrogens with one attached hydrogen (secondary N) is 2. The smallest absolute Gasteiger partial charge is 0.275 e. The first kappa shape index (κ1) is 12.0. The van der Waals surface area contributed by atoms with E-state index in [1.54, 1.807) is 30.5 Å². The maximum Gasteiger partial charge on any atom is 0.275 e. The number of hydrogen-bond donors (Lipinski definition) is 2. The van der Waals surface area contributed by atoms with Gasteiger partial charge < -0.3 is 10.6 Å². The highest BCUT2D eigenvalue weighted by Crippen LogP contribution is 2.07. The number of nitrogens with zero attached hydrogens (tertiary/aromatic N) is 3. The van der Waals surface area contributed by atoms with Crippen molar-refractivity contribution in [2.24, 2.45) is 0 Å². The van der Waals surface area contributed by atoms with E-state index in [1.807, 2.05) is 13.0 Å². The molecule has 2 N–H and O–H groups in total. The molecule has 0 bridgehead atoms. The normalized spacial score (nSPS) is 9.83. The molecule has 6 nitrogen and oxygen atoms in total. The quantitative estimate of drug-likeness (QED) is 0.851. The SMILES string of the molecule is CCNc1cccc(C(=O)Nc2cccnn2)n1. The Bertz CT molecular complexity index is 529. The van der Waals surface area contributed by atoms with Crippen LogP contribution in [0.1, 0.15) is 17.4 Å². The van der Waals surface area contributed by atoms with Crippen molar-refractivity contribution in [1.29, 1.82) is 0 Å². The second-order valence-electron chi connectivity index (χ2n) is 3.50. The number of pyridine rings is 1. The summed E-state index contributed by atoms with van der Waals surface area (Å²) in [6, 6.07) is 8.59. The third-order valence-corrected chi connectivity index (χ3v) is 2.15. The van der Waals surface area contributed by atoms with Crippen molar-refractivity contribution in [3.63, 3.8) is 0 Å². The molecule has 2 heterocycles. The Morgan fingerprint density at radius 2 is 2.06 bits per heavy atom. The van der Waals surface area contributed by atoms with Crippen molar-refractivity contribution in [3.8, 4) is 0 Å². The first-order valence-corrected chi connectivity index (χ1v) is 5.59. The zero-order chi connectivity index (χ0) is 12.8. The van der Waals surface area contributed by atoms with Crippen LogP contribution in [0.25, 0.3) is 0 Å². The molecule has 2 rings (SSSR count). The van der Waals surface area contributed by atoms with Gasteiger partial charge in [-0.1, -0.05) is 6.07 Å². The van der Waals surface area contributed by atoms with Crippen LogP contribution in [0.15, 0.2) is 36.5 Å². The van der Waals surface area contributed by atoms with E-state index < -0.39 is 0 Å². The Kier molecular flexibility index (Phi) is 3.80. The Labute approximate surface area is 104 Å². The third-order valence-electron chi connectivity index (χ3n) is 2.15. The van der Waals surface area contributed by atoms with E-state index in [0.29, 0.717) is 17.3 Å². The van der Waals surface area contributed by atoms with Crippen LogP contribution in [0.2, 0.25) is 0 Å². The van der Waals surface area contributed by atoms with Gasteiger partial charge in [0.25, 0.3) is 5.91 Å². The highest BCUT2D eigenvalue weighted by atomic mass is 16.1. The van der Waals surface area contributed by atoms with Crippen molar-refractivity contribution in [2.75, 3.05) is 17.2 Å². The number of carbonyl (C=O) groups is 1. The first-order valence-electron chi connectivity index (χ1n) is 5.59. The number of carbonyl (C=O) groups excluding carboxylic acids is 1. The van der Waals surface area contributed by atoms with Gasteiger partial charge in [0, 0.05) is 12.7 Å². The molecule has 0 saturated carbocycles. The lowest BCUT2D eigenvalue weighted by Gasteiger charge is -2.05. The molecular formula is C12H13N5O. The van der Waals surface area contributed by atoms with Crippen LogP contribution in [0.4, 0.5) is 11.6 Å². The van der Waals surface area contributed by atoms with Gasteiger partial charge in [-0.25, -0.2) is 4.98 Å². The number of rotatable bonds is 4. The molecule has 0 aliphatic carbocycles. The van der Waals surface area contributed by atoms with E-state index >= 15 is 0 Å². The molecule has 0 atom stereocenters. The molecule has 6 heteroatoms. The molecule has 0 aliphatic heterocycles. The molecule has 0 radical (unpaired) electrons. The van der Waals surface area contributed by atoms with E-state index in [9.17, 15) is 4.79 Å². The van der Waals surface area contributed by atoms with E-state index in [2.05, 4.69) is 25.8 Å². The molecule has 2 aromatic heterocycles. The minimum atomic E-state index is -0.310. The fourth-order valence-electron chi connectivity index (χ4n) is 1.39. The van der Waals surface area contributed by atoms with E-state index in [1.165, 1.54) is 0 Å². The van der Waals surface area contributed by atoms with Crippen LogP contribution in [0, 0.1) is 0 Å². The Hall–Kier alpha value is -2.50. The van der Waals surface area contributed by atoms with Gasteiger partial charge >= 0.3 is 0 Å². The predicted octanol–water partition coefficient (Wildman–Crippen LogP) is 1.56. The molecule has 92 valence electrons. The van der Waals surface area contributed by atoms with Gasteiger partial charge in [0.2, 0.25) is 0 Å². The van der Waals surface area contributed by atoms with Gasteiger partial charge in [0.15, 0.2) is 5.82 Å². The molecule has 0 aromatic carbocycles. The van der Waals surface area contributed by atoms with Crippen molar-refractivity contribution in [3.05, 3.63) is 42.2 Å². The van der Waals surface area contributed by atoms with Crippen molar-refractivity contribution >= 4 is 17.5 Å². The summed E-state index contributed by atoms with van der Waals surface area (Å²) in [5.74, 6) is 0.762. The summed E-state index contributed by atoms with van der Waals surface area (Å²) in [4.78, 5) is 16.1. The molecule has 0 fully saturated rings. The highest BCUT2D eigenvalue weighted by Gasteiger charge is 2.08. The topological polar surface area (TPSA) is 79.8 Å². The Morgan fingerprint density at radius 3 is 2.78 bits per heavy atom. The third kappa shape index (κ3) is 3.00. The molecule has 2 aromatic rings. The van der Waals surface area contributed by atoms with Crippen LogP contribution in [-0.4, -0.2) is 27.6 Å². The second kappa shape index (κ2) is 5.72. The molecule has 0 aliphatic rings. The standard InChI is InChI=1S/C12H13N5O/c1-2-13-10-6-3-5-9(15-10)12(18)16-11-7-4-8-14-17-11/h3-8H,2H2,1H3,(H,13,15)(H,16,17,18). The first-order chi connectivity index (χ1) is 8.79. The number of aromatic nitrogens is 3. The summed E-state index contributed by atoms with van der Waals surface area (Å²) in [7, 11) is 0. The molecule has 0 spiro atoms. The van der Waals surface area contributed by atoms with Gasteiger partial charge in [-0.2, -0.15) is 5.10 Å². The average Bonchev–Trinajstić information content (AvgIpc) is 2.40. The minimum Gasteiger partial charge on any atom is -0.370 e. The molecule has 0 unspecified atom stereocenters. The van der Waals surface area contributed by atoms with Gasteiger partial charge in [-0.3, -0.25) is 4.79 Å². The lowest BCUT2D eigenvalue weighted by molar-refractivity contribution is 0.102. The summed E-state index contributed by atoms with van der Waals surface area (Å²) in [6.07, 6.45) is 1.54. The zero-order valence-electron chi connectivity index (χ0n) is 9.92. The molecule has 18 heavy (non-hydrogen) atoms. The van der Waals surface area contributed by atoms with Crippen molar-refractivity contribution in [1.82, 2.24) is 15.2 Å². The van der Waals surface area contributed by atoms with Gasteiger partial charge in [-0.05, 0) is 31.2 Å². The highest BCUT2D eigenvalue weighted by molar-refractivity contribution is 6.02. The lowest BCUT2D eigenvalue weighted by atomic mass is 10.3. The maximum absolute atomic E-state index is 11.9. The second-order valence-corrected chi connectivity index (χ2v) is 3.50. The van der Waals surface area contributed by atoms with Crippen molar-refractivity contribution < 1.29 is 4.79 Å². The summed E-state index contributed by atoms with van der Waals surface area (Å²) < 4.78 is 0. The fraction of sp³-hybridized carbons (Fsp3) is 0.167. The average molecular weight is 243 g/mol. The summed E-state index contributed by atoms with van der Waals surface area (Å²) in [6.45, 7) is 2.72. The Morgan fingerprint density at radius 1 is 1.22 bits per heavy atom. The Balaban J connectivity index is 2.11. The fourth-order valence-corrected chi connectivity index (χ4v) is 1.39. The number of amides is 1. The minimum absolute atomic E-state index is 0.310. The van der Waals surface area contributed by atoms with Crippen LogP contribution < -0.4 is 10.6 Å². The molecule has 1 amide bonds. The largest absolute Gasteiger partial charge is 0.370 e. The summed E-state index contributed by atoms with van der Waals surface area (Å²) in [5.41, 5.74) is 0.333. The lowest BCUT2D eigenvalue weighted by Crippen LogP contribution is -2.15. The number of hydrogen-bond acceptors (Lipinski definition) is 5. The maximum atomic E-state index is 11.9. The van der Waals surface area contributed by atoms with Gasteiger partial charge in [0.1, 0.15) is 11.5 Å². The molecule has 0 saturated heterocycles. The monoisotopic (exact) mass is 243 g/mol. The van der Waals surface area contributed by atoms with Crippen LogP contribution >= 0.6 is 0 Å². The van der Waals surface area contributed by atoms with E-state index in [-0.39, 0.29) is 5.91 Å². The van der Waals surface area contributed by atoms with Crippen LogP contribution in [0.3, 0.4) is 0 Å². The van der Waals surface area contributed by atoms with Crippen molar-refractivity contribution in [2.45, 2.75) is 6.92 Å².